The van der Waals surface area contributed by atoms with Crippen molar-refractivity contribution >= 4 is 28.3 Å². The second kappa shape index (κ2) is 6.96. The fourth-order valence-corrected chi connectivity index (χ4v) is 3.84. The van der Waals surface area contributed by atoms with Gasteiger partial charge in [0.05, 0.1) is 27.2 Å². The molecule has 0 saturated heterocycles. The van der Waals surface area contributed by atoms with E-state index in [-0.39, 0.29) is 5.91 Å². The van der Waals surface area contributed by atoms with Crippen molar-refractivity contribution in [2.45, 2.75) is 20.4 Å². The highest BCUT2D eigenvalue weighted by atomic mass is 32.1. The summed E-state index contributed by atoms with van der Waals surface area (Å²) in [4.78, 5) is 18.8. The minimum absolute atomic E-state index is 0.114. The molecule has 1 aromatic carbocycles. The van der Waals surface area contributed by atoms with E-state index >= 15 is 0 Å². The summed E-state index contributed by atoms with van der Waals surface area (Å²) in [5.74, 6) is -0.114. The van der Waals surface area contributed by atoms with Gasteiger partial charge < -0.3 is 5.32 Å². The third-order valence-corrected chi connectivity index (χ3v) is 5.45. The van der Waals surface area contributed by atoms with E-state index in [0.29, 0.717) is 12.1 Å². The second-order valence-electron chi connectivity index (χ2n) is 6.61. The quantitative estimate of drug-likeness (QED) is 0.579. The van der Waals surface area contributed by atoms with Crippen LogP contribution in [0.2, 0.25) is 0 Å². The monoisotopic (exact) mass is 376 g/mol. The number of carbonyl (C=O) groups is 1. The molecule has 1 N–H and O–H groups in total. The van der Waals surface area contributed by atoms with Gasteiger partial charge in [-0.3, -0.25) is 9.48 Å². The normalized spacial score (nSPS) is 11.1. The Morgan fingerprint density at radius 3 is 2.67 bits per heavy atom. The number of pyridine rings is 1. The maximum absolute atomic E-state index is 13.0. The van der Waals surface area contributed by atoms with Gasteiger partial charge in [0.1, 0.15) is 0 Å². The molecule has 0 unspecified atom stereocenters. The number of nitrogens with one attached hydrogen (secondary N) is 1. The van der Waals surface area contributed by atoms with Gasteiger partial charge in [-0.15, -0.1) is 11.3 Å². The number of carbonyl (C=O) groups excluding carboxylic acids is 1. The van der Waals surface area contributed by atoms with Crippen LogP contribution in [0.1, 0.15) is 27.2 Å². The second-order valence-corrected chi connectivity index (χ2v) is 7.56. The first kappa shape index (κ1) is 17.4. The Bertz CT molecular complexity index is 1110. The number of amides is 1. The van der Waals surface area contributed by atoms with E-state index < -0.39 is 0 Å². The summed E-state index contributed by atoms with van der Waals surface area (Å²) in [5.41, 5.74) is 5.20. The van der Waals surface area contributed by atoms with Gasteiger partial charge in [-0.25, -0.2) is 4.98 Å². The summed E-state index contributed by atoms with van der Waals surface area (Å²) in [7, 11) is 1.86. The van der Waals surface area contributed by atoms with Gasteiger partial charge in [0.15, 0.2) is 5.65 Å². The number of hydrogen-bond acceptors (Lipinski definition) is 4. The summed E-state index contributed by atoms with van der Waals surface area (Å²) in [6, 6.07) is 14.0. The van der Waals surface area contributed by atoms with Crippen molar-refractivity contribution in [3.63, 3.8) is 0 Å². The molecule has 0 saturated carbocycles. The first-order valence-electron chi connectivity index (χ1n) is 8.75. The molecular formula is C21H20N4OS. The molecule has 6 heteroatoms. The zero-order chi connectivity index (χ0) is 19.0. The molecule has 0 radical (unpaired) electrons. The van der Waals surface area contributed by atoms with E-state index in [4.69, 9.17) is 4.98 Å². The van der Waals surface area contributed by atoms with Gasteiger partial charge in [0.25, 0.3) is 5.91 Å². The number of aromatic nitrogens is 3. The molecule has 0 fully saturated rings. The van der Waals surface area contributed by atoms with Crippen molar-refractivity contribution in [3.05, 3.63) is 70.2 Å². The Morgan fingerprint density at radius 1 is 1.19 bits per heavy atom. The van der Waals surface area contributed by atoms with Crippen LogP contribution >= 0.6 is 11.3 Å². The first-order chi connectivity index (χ1) is 13.0. The fraction of sp³-hybridized carbons (Fsp3) is 0.190. The predicted molar refractivity (Wildman–Crippen MR) is 109 cm³/mol. The van der Waals surface area contributed by atoms with Crippen molar-refractivity contribution in [2.24, 2.45) is 7.05 Å². The molecule has 3 aromatic heterocycles. The molecule has 0 aliphatic rings. The highest BCUT2D eigenvalue weighted by Gasteiger charge is 2.19. The van der Waals surface area contributed by atoms with Crippen LogP contribution in [0.15, 0.2) is 47.8 Å². The minimum Gasteiger partial charge on any atom is -0.348 e. The lowest BCUT2D eigenvalue weighted by Gasteiger charge is -2.09. The summed E-state index contributed by atoms with van der Waals surface area (Å²) in [5, 5.41) is 10.3. The molecule has 0 aliphatic heterocycles. The van der Waals surface area contributed by atoms with Crippen LogP contribution in [0.25, 0.3) is 21.6 Å². The Kier molecular flexibility index (Phi) is 4.49. The summed E-state index contributed by atoms with van der Waals surface area (Å²) in [6.07, 6.45) is 0. The van der Waals surface area contributed by atoms with Gasteiger partial charge in [-0.05, 0) is 36.9 Å². The summed E-state index contributed by atoms with van der Waals surface area (Å²) < 4.78 is 1.73. The van der Waals surface area contributed by atoms with E-state index in [2.05, 4.69) is 10.4 Å². The van der Waals surface area contributed by atoms with E-state index in [9.17, 15) is 4.79 Å². The van der Waals surface area contributed by atoms with E-state index in [1.54, 1.807) is 16.0 Å². The fourth-order valence-electron chi connectivity index (χ4n) is 3.16. The van der Waals surface area contributed by atoms with Crippen LogP contribution in [-0.4, -0.2) is 20.7 Å². The minimum atomic E-state index is -0.114. The number of fused-ring (bicyclic) bond motifs is 1. The lowest BCUT2D eigenvalue weighted by atomic mass is 10.1. The lowest BCUT2D eigenvalue weighted by molar-refractivity contribution is 0.0952. The van der Waals surface area contributed by atoms with Crippen molar-refractivity contribution in [1.82, 2.24) is 20.1 Å². The molecule has 27 heavy (non-hydrogen) atoms. The molecule has 0 aliphatic carbocycles. The van der Waals surface area contributed by atoms with E-state index in [1.807, 2.05) is 68.7 Å². The van der Waals surface area contributed by atoms with Crippen LogP contribution in [0, 0.1) is 13.8 Å². The Morgan fingerprint density at radius 2 is 1.96 bits per heavy atom. The largest absolute Gasteiger partial charge is 0.348 e. The molecule has 5 nitrogen and oxygen atoms in total. The van der Waals surface area contributed by atoms with Gasteiger partial charge in [0.2, 0.25) is 0 Å². The zero-order valence-electron chi connectivity index (χ0n) is 15.5. The maximum atomic E-state index is 13.0. The molecule has 3 heterocycles. The number of rotatable bonds is 4. The maximum Gasteiger partial charge on any atom is 0.252 e. The Hall–Kier alpha value is -2.99. The predicted octanol–water partition coefficient (Wildman–Crippen LogP) is 4.24. The van der Waals surface area contributed by atoms with Crippen molar-refractivity contribution < 1.29 is 4.79 Å². The van der Waals surface area contributed by atoms with Gasteiger partial charge >= 0.3 is 0 Å². The number of thiophene rings is 1. The van der Waals surface area contributed by atoms with Crippen LogP contribution in [0.5, 0.6) is 0 Å². The van der Waals surface area contributed by atoms with Crippen LogP contribution in [-0.2, 0) is 13.6 Å². The number of benzene rings is 1. The molecule has 0 spiro atoms. The van der Waals surface area contributed by atoms with Gasteiger partial charge in [-0.1, -0.05) is 35.9 Å². The number of hydrogen-bond donors (Lipinski definition) is 1. The third-order valence-electron chi connectivity index (χ3n) is 4.56. The Balaban J connectivity index is 1.72. The molecule has 0 bridgehead atoms. The van der Waals surface area contributed by atoms with Crippen molar-refractivity contribution in [1.29, 1.82) is 0 Å². The molecule has 4 rings (SSSR count). The van der Waals surface area contributed by atoms with Gasteiger partial charge in [0, 0.05) is 13.6 Å². The Labute approximate surface area is 161 Å². The van der Waals surface area contributed by atoms with Crippen molar-refractivity contribution in [3.8, 4) is 10.6 Å². The summed E-state index contributed by atoms with van der Waals surface area (Å²) in [6.45, 7) is 4.44. The molecule has 1 amide bonds. The van der Waals surface area contributed by atoms with Crippen molar-refractivity contribution in [2.75, 3.05) is 0 Å². The molecular weight excluding hydrogens is 356 g/mol. The smallest absolute Gasteiger partial charge is 0.252 e. The zero-order valence-corrected chi connectivity index (χ0v) is 16.3. The average Bonchev–Trinajstić information content (AvgIpc) is 3.29. The highest BCUT2D eigenvalue weighted by molar-refractivity contribution is 7.13. The van der Waals surface area contributed by atoms with Crippen LogP contribution < -0.4 is 5.32 Å². The molecule has 136 valence electrons. The molecule has 4 aromatic rings. The van der Waals surface area contributed by atoms with Crippen LogP contribution in [0.4, 0.5) is 0 Å². The third kappa shape index (κ3) is 3.36. The SMILES string of the molecule is Cc1ccc(CNC(=O)c2cc(-c3cccs3)nc3c2c(C)nn3C)cc1. The molecule has 0 atom stereocenters. The van der Waals surface area contributed by atoms with Gasteiger partial charge in [-0.2, -0.15) is 5.10 Å². The number of nitrogens with zero attached hydrogens (tertiary/aromatic N) is 3. The van der Waals surface area contributed by atoms with E-state index in [1.165, 1.54) is 5.56 Å². The topological polar surface area (TPSA) is 59.8 Å². The highest BCUT2D eigenvalue weighted by Crippen LogP contribution is 2.29. The van der Waals surface area contributed by atoms with E-state index in [0.717, 1.165) is 32.9 Å². The standard InChI is InChI=1S/C21H20N4OS/c1-13-6-8-15(9-7-13)12-22-21(26)16-11-17(18-5-4-10-27-18)23-20-19(16)14(2)24-25(20)3/h4-11H,12H2,1-3H3,(H,22,26). The lowest BCUT2D eigenvalue weighted by Crippen LogP contribution is -2.23. The average molecular weight is 376 g/mol. The first-order valence-corrected chi connectivity index (χ1v) is 9.63. The van der Waals surface area contributed by atoms with Crippen LogP contribution in [0.3, 0.4) is 0 Å². The summed E-state index contributed by atoms with van der Waals surface area (Å²) >= 11 is 1.61. The number of aryl methyl sites for hydroxylation is 3.